The smallest absolute Gasteiger partial charge is 0.222 e. The summed E-state index contributed by atoms with van der Waals surface area (Å²) in [5.41, 5.74) is 0.994. The van der Waals surface area contributed by atoms with Gasteiger partial charge in [0.1, 0.15) is 17.7 Å². The highest BCUT2D eigenvalue weighted by molar-refractivity contribution is 5.49. The fraction of sp³-hybridized carbons (Fsp3) is 0.692. The molecule has 1 aliphatic heterocycles. The van der Waals surface area contributed by atoms with Crippen molar-refractivity contribution in [3.05, 3.63) is 11.4 Å². The maximum atomic E-state index is 5.87. The number of nitrogens with zero attached hydrogens (tertiary/aromatic N) is 2. The van der Waals surface area contributed by atoms with Crippen LogP contribution in [0, 0.1) is 6.92 Å². The van der Waals surface area contributed by atoms with Gasteiger partial charge in [0.05, 0.1) is 18.8 Å². The molecule has 3 rings (SSSR count). The molecule has 0 unspecified atom stereocenters. The summed E-state index contributed by atoms with van der Waals surface area (Å²) in [5, 5.41) is 3.29. The normalized spacial score (nSPS) is 19.4. The Morgan fingerprint density at radius 1 is 1.33 bits per heavy atom. The second kappa shape index (κ2) is 4.72. The van der Waals surface area contributed by atoms with E-state index in [9.17, 15) is 0 Å². The largest absolute Gasteiger partial charge is 0.469 e. The number of rotatable bonds is 5. The minimum Gasteiger partial charge on any atom is -0.469 e. The van der Waals surface area contributed by atoms with Crippen molar-refractivity contribution in [1.29, 1.82) is 0 Å². The summed E-state index contributed by atoms with van der Waals surface area (Å²) >= 11 is 0. The highest BCUT2D eigenvalue weighted by atomic mass is 16.6. The van der Waals surface area contributed by atoms with Gasteiger partial charge in [-0.1, -0.05) is 0 Å². The SMILES string of the molecule is CCNc1nc(C2CC2)nc(OC2COC2)c1C. The molecule has 1 aromatic heterocycles. The third kappa shape index (κ3) is 2.27. The second-order valence-corrected chi connectivity index (χ2v) is 4.94. The first-order chi connectivity index (χ1) is 8.78. The maximum Gasteiger partial charge on any atom is 0.222 e. The van der Waals surface area contributed by atoms with Crippen molar-refractivity contribution in [3.63, 3.8) is 0 Å². The number of nitrogens with one attached hydrogen (secondary N) is 1. The fourth-order valence-corrected chi connectivity index (χ4v) is 1.93. The van der Waals surface area contributed by atoms with E-state index >= 15 is 0 Å². The quantitative estimate of drug-likeness (QED) is 0.863. The molecule has 2 aliphatic rings. The first-order valence-corrected chi connectivity index (χ1v) is 6.64. The van der Waals surface area contributed by atoms with E-state index in [-0.39, 0.29) is 6.10 Å². The minimum absolute atomic E-state index is 0.153. The summed E-state index contributed by atoms with van der Waals surface area (Å²) in [6.45, 7) is 6.26. The highest BCUT2D eigenvalue weighted by Crippen LogP contribution is 2.40. The van der Waals surface area contributed by atoms with E-state index in [1.807, 2.05) is 6.92 Å². The zero-order chi connectivity index (χ0) is 12.5. The summed E-state index contributed by atoms with van der Waals surface area (Å²) in [5.74, 6) is 3.08. The molecule has 2 fully saturated rings. The molecule has 98 valence electrons. The van der Waals surface area contributed by atoms with Crippen LogP contribution in [0.4, 0.5) is 5.82 Å². The molecule has 1 saturated carbocycles. The molecule has 1 aliphatic carbocycles. The predicted octanol–water partition coefficient (Wildman–Crippen LogP) is 1.87. The Morgan fingerprint density at radius 3 is 2.67 bits per heavy atom. The molecule has 0 aromatic carbocycles. The minimum atomic E-state index is 0.153. The summed E-state index contributed by atoms with van der Waals surface area (Å²) in [6.07, 6.45) is 2.54. The van der Waals surface area contributed by atoms with E-state index in [0.717, 1.165) is 29.6 Å². The van der Waals surface area contributed by atoms with Crippen LogP contribution in [-0.4, -0.2) is 35.8 Å². The van der Waals surface area contributed by atoms with Crippen molar-refractivity contribution < 1.29 is 9.47 Å². The molecule has 5 nitrogen and oxygen atoms in total. The predicted molar refractivity (Wildman–Crippen MR) is 68.1 cm³/mol. The number of ether oxygens (including phenoxy) is 2. The van der Waals surface area contributed by atoms with Crippen LogP contribution in [0.3, 0.4) is 0 Å². The number of anilines is 1. The highest BCUT2D eigenvalue weighted by Gasteiger charge is 2.29. The van der Waals surface area contributed by atoms with E-state index in [2.05, 4.69) is 22.2 Å². The van der Waals surface area contributed by atoms with Gasteiger partial charge in [0.25, 0.3) is 0 Å². The van der Waals surface area contributed by atoms with Gasteiger partial charge in [0.15, 0.2) is 0 Å². The summed E-state index contributed by atoms with van der Waals surface area (Å²) in [7, 11) is 0. The Labute approximate surface area is 107 Å². The fourth-order valence-electron chi connectivity index (χ4n) is 1.93. The Kier molecular flexibility index (Phi) is 3.07. The van der Waals surface area contributed by atoms with Crippen molar-refractivity contribution in [3.8, 4) is 5.88 Å². The van der Waals surface area contributed by atoms with Crippen LogP contribution in [0.2, 0.25) is 0 Å². The Bertz CT molecular complexity index is 442. The molecule has 2 heterocycles. The van der Waals surface area contributed by atoms with Gasteiger partial charge in [0, 0.05) is 12.5 Å². The van der Waals surface area contributed by atoms with Gasteiger partial charge in [-0.05, 0) is 26.7 Å². The third-order valence-corrected chi connectivity index (χ3v) is 3.29. The van der Waals surface area contributed by atoms with E-state index in [1.165, 1.54) is 12.8 Å². The van der Waals surface area contributed by atoms with Crippen molar-refractivity contribution in [2.75, 3.05) is 25.1 Å². The maximum absolute atomic E-state index is 5.87. The van der Waals surface area contributed by atoms with E-state index in [1.54, 1.807) is 0 Å². The van der Waals surface area contributed by atoms with Crippen molar-refractivity contribution >= 4 is 5.82 Å². The van der Waals surface area contributed by atoms with Crippen LogP contribution in [-0.2, 0) is 4.74 Å². The van der Waals surface area contributed by atoms with Crippen LogP contribution < -0.4 is 10.1 Å². The second-order valence-electron chi connectivity index (χ2n) is 4.94. The van der Waals surface area contributed by atoms with Crippen LogP contribution in [0.5, 0.6) is 5.88 Å². The van der Waals surface area contributed by atoms with E-state index in [4.69, 9.17) is 9.47 Å². The number of hydrogen-bond donors (Lipinski definition) is 1. The molecule has 18 heavy (non-hydrogen) atoms. The van der Waals surface area contributed by atoms with Gasteiger partial charge in [-0.25, -0.2) is 4.98 Å². The van der Waals surface area contributed by atoms with Crippen LogP contribution in [0.1, 0.15) is 37.1 Å². The van der Waals surface area contributed by atoms with Crippen molar-refractivity contribution in [2.45, 2.75) is 38.7 Å². The van der Waals surface area contributed by atoms with Crippen molar-refractivity contribution in [2.24, 2.45) is 0 Å². The monoisotopic (exact) mass is 249 g/mol. The first-order valence-electron chi connectivity index (χ1n) is 6.64. The average molecular weight is 249 g/mol. The van der Waals surface area contributed by atoms with E-state index < -0.39 is 0 Å². The number of aromatic nitrogens is 2. The van der Waals surface area contributed by atoms with Gasteiger partial charge in [-0.3, -0.25) is 0 Å². The molecule has 1 saturated heterocycles. The van der Waals surface area contributed by atoms with Gasteiger partial charge in [0.2, 0.25) is 5.88 Å². The molecule has 0 spiro atoms. The summed E-state index contributed by atoms with van der Waals surface area (Å²) < 4.78 is 11.0. The van der Waals surface area contributed by atoms with Crippen molar-refractivity contribution in [1.82, 2.24) is 9.97 Å². The van der Waals surface area contributed by atoms with Crippen LogP contribution >= 0.6 is 0 Å². The van der Waals surface area contributed by atoms with Gasteiger partial charge in [-0.2, -0.15) is 4.98 Å². The topological polar surface area (TPSA) is 56.3 Å². The Hall–Kier alpha value is -1.36. The molecular weight excluding hydrogens is 230 g/mol. The Balaban J connectivity index is 1.88. The Morgan fingerprint density at radius 2 is 2.11 bits per heavy atom. The molecule has 1 aromatic rings. The van der Waals surface area contributed by atoms with Gasteiger partial charge < -0.3 is 14.8 Å². The molecule has 0 bridgehead atoms. The standard InChI is InChI=1S/C13H19N3O2/c1-3-14-11-8(2)13(18-10-6-17-7-10)16-12(15-11)9-4-5-9/h9-10H,3-7H2,1-2H3,(H,14,15,16). The molecule has 5 heteroatoms. The molecule has 0 radical (unpaired) electrons. The summed E-state index contributed by atoms with van der Waals surface area (Å²) in [4.78, 5) is 9.17. The lowest BCUT2D eigenvalue weighted by atomic mass is 10.2. The molecule has 0 amide bonds. The van der Waals surface area contributed by atoms with Crippen LogP contribution in [0.15, 0.2) is 0 Å². The lowest BCUT2D eigenvalue weighted by Gasteiger charge is -2.27. The molecule has 1 N–H and O–H groups in total. The molecule has 0 atom stereocenters. The lowest BCUT2D eigenvalue weighted by Crippen LogP contribution is -2.39. The summed E-state index contributed by atoms with van der Waals surface area (Å²) in [6, 6.07) is 0. The first kappa shape index (κ1) is 11.7. The zero-order valence-electron chi connectivity index (χ0n) is 10.9. The van der Waals surface area contributed by atoms with Gasteiger partial charge >= 0.3 is 0 Å². The van der Waals surface area contributed by atoms with E-state index in [0.29, 0.717) is 19.1 Å². The lowest BCUT2D eigenvalue weighted by molar-refractivity contribution is -0.0816. The molecular formula is C13H19N3O2. The van der Waals surface area contributed by atoms with Gasteiger partial charge in [-0.15, -0.1) is 0 Å². The third-order valence-electron chi connectivity index (χ3n) is 3.29. The van der Waals surface area contributed by atoms with Crippen LogP contribution in [0.25, 0.3) is 0 Å². The zero-order valence-corrected chi connectivity index (χ0v) is 10.9. The average Bonchev–Trinajstić information content (AvgIpc) is 3.12. The number of hydrogen-bond acceptors (Lipinski definition) is 5.